The number of carbonyl (C=O) groups is 3. The molecule has 0 aromatic carbocycles. The monoisotopic (exact) mass is 551 g/mol. The van der Waals surface area contributed by atoms with Crippen LogP contribution in [0.3, 0.4) is 0 Å². The fourth-order valence-electron chi connectivity index (χ4n) is 4.07. The minimum Gasteiger partial charge on any atom is -0.475 e. The molecule has 4 heterocycles. The molecule has 0 fully saturated rings. The van der Waals surface area contributed by atoms with Gasteiger partial charge >= 0.3 is 12.1 Å². The quantitative estimate of drug-likeness (QED) is 0.196. The van der Waals surface area contributed by atoms with Crippen LogP contribution in [0.2, 0.25) is 0 Å². The SMILES string of the molecule is CCOC(=O)c1cc(C)[nH]c1/C=C1\C(=O)Nc2ccc(-c3c(OCCCNC(=O)OC(C)(C)C)noc3C)nc21. The number of pyridine rings is 1. The van der Waals surface area contributed by atoms with Gasteiger partial charge in [-0.15, -0.1) is 0 Å². The molecule has 0 spiro atoms. The van der Waals surface area contributed by atoms with E-state index in [2.05, 4.69) is 20.8 Å². The average Bonchev–Trinajstić information content (AvgIpc) is 3.52. The number of nitrogens with zero attached hydrogens (tertiary/aromatic N) is 2. The Hall–Kier alpha value is -4.61. The molecule has 0 unspecified atom stereocenters. The molecule has 0 radical (unpaired) electrons. The van der Waals surface area contributed by atoms with E-state index in [1.807, 2.05) is 6.92 Å². The lowest BCUT2D eigenvalue weighted by Gasteiger charge is -2.19. The number of H-pyrrole nitrogens is 1. The summed E-state index contributed by atoms with van der Waals surface area (Å²) in [5.41, 5.74) is 3.23. The van der Waals surface area contributed by atoms with Crippen LogP contribution in [0.25, 0.3) is 22.9 Å². The van der Waals surface area contributed by atoms with Crippen molar-refractivity contribution in [3.63, 3.8) is 0 Å². The fraction of sp³-hybridized carbons (Fsp3) is 0.393. The van der Waals surface area contributed by atoms with Gasteiger partial charge in [-0.3, -0.25) is 4.79 Å². The second-order valence-corrected chi connectivity index (χ2v) is 10.2. The van der Waals surface area contributed by atoms with Gasteiger partial charge in [-0.2, -0.15) is 0 Å². The lowest BCUT2D eigenvalue weighted by atomic mass is 10.1. The van der Waals surface area contributed by atoms with Crippen LogP contribution in [0.15, 0.2) is 22.7 Å². The molecule has 0 saturated carbocycles. The van der Waals surface area contributed by atoms with Crippen LogP contribution in [0.4, 0.5) is 10.5 Å². The van der Waals surface area contributed by atoms with E-state index in [1.165, 1.54) is 0 Å². The van der Waals surface area contributed by atoms with Crippen molar-refractivity contribution in [3.8, 4) is 17.1 Å². The Balaban J connectivity index is 1.53. The molecule has 0 saturated heterocycles. The van der Waals surface area contributed by atoms with E-state index in [0.29, 0.717) is 52.6 Å². The summed E-state index contributed by atoms with van der Waals surface area (Å²) in [5.74, 6) is -0.101. The Bertz CT molecular complexity index is 1460. The van der Waals surface area contributed by atoms with Gasteiger partial charge in [0.2, 0.25) is 0 Å². The lowest BCUT2D eigenvalue weighted by Crippen LogP contribution is -2.33. The van der Waals surface area contributed by atoms with E-state index in [4.69, 9.17) is 23.7 Å². The third kappa shape index (κ3) is 6.50. The molecule has 4 rings (SSSR count). The van der Waals surface area contributed by atoms with Crippen molar-refractivity contribution in [1.29, 1.82) is 0 Å². The highest BCUT2D eigenvalue weighted by molar-refractivity contribution is 6.34. The number of anilines is 1. The van der Waals surface area contributed by atoms with Gasteiger partial charge in [-0.25, -0.2) is 14.6 Å². The first-order valence-corrected chi connectivity index (χ1v) is 12.9. The number of amides is 2. The summed E-state index contributed by atoms with van der Waals surface area (Å²) in [6.45, 7) is 11.5. The highest BCUT2D eigenvalue weighted by Crippen LogP contribution is 2.37. The van der Waals surface area contributed by atoms with Crippen LogP contribution in [0, 0.1) is 13.8 Å². The number of fused-ring (bicyclic) bond motifs is 1. The molecule has 2 amide bonds. The summed E-state index contributed by atoms with van der Waals surface area (Å²) in [6, 6.07) is 5.15. The first-order valence-electron chi connectivity index (χ1n) is 12.9. The number of esters is 1. The zero-order chi connectivity index (χ0) is 29.0. The molecule has 40 heavy (non-hydrogen) atoms. The Kier molecular flexibility index (Phi) is 8.26. The largest absolute Gasteiger partial charge is 0.475 e. The molecular weight excluding hydrogens is 518 g/mol. The van der Waals surface area contributed by atoms with Crippen molar-refractivity contribution in [3.05, 3.63) is 46.6 Å². The zero-order valence-corrected chi connectivity index (χ0v) is 23.4. The van der Waals surface area contributed by atoms with Crippen LogP contribution in [-0.4, -0.2) is 58.5 Å². The zero-order valence-electron chi connectivity index (χ0n) is 23.4. The second kappa shape index (κ2) is 11.6. The maximum Gasteiger partial charge on any atom is 0.407 e. The number of alkyl carbamates (subject to hydrolysis) is 1. The number of hydrogen-bond acceptors (Lipinski definition) is 9. The van der Waals surface area contributed by atoms with Crippen LogP contribution >= 0.6 is 0 Å². The maximum absolute atomic E-state index is 12.9. The number of ether oxygens (including phenoxy) is 3. The first-order chi connectivity index (χ1) is 19.0. The second-order valence-electron chi connectivity index (χ2n) is 10.2. The summed E-state index contributed by atoms with van der Waals surface area (Å²) in [6.07, 6.45) is 1.60. The Morgan fingerprint density at radius 1 is 1.20 bits per heavy atom. The lowest BCUT2D eigenvalue weighted by molar-refractivity contribution is -0.110. The molecule has 0 aliphatic carbocycles. The highest BCUT2D eigenvalue weighted by atomic mass is 16.6. The molecule has 3 aromatic rings. The van der Waals surface area contributed by atoms with Crippen LogP contribution < -0.4 is 15.4 Å². The first kappa shape index (κ1) is 28.4. The normalized spacial score (nSPS) is 13.7. The summed E-state index contributed by atoms with van der Waals surface area (Å²) in [4.78, 5) is 44.9. The van der Waals surface area contributed by atoms with E-state index in [0.717, 1.165) is 5.69 Å². The Morgan fingerprint density at radius 2 is 1.98 bits per heavy atom. The average molecular weight is 552 g/mol. The van der Waals surface area contributed by atoms with Crippen molar-refractivity contribution >= 4 is 35.3 Å². The van der Waals surface area contributed by atoms with Gasteiger partial charge in [0.25, 0.3) is 11.8 Å². The molecule has 12 nitrogen and oxygen atoms in total. The van der Waals surface area contributed by atoms with Gasteiger partial charge in [0, 0.05) is 12.2 Å². The third-order valence-electron chi connectivity index (χ3n) is 5.73. The Morgan fingerprint density at radius 3 is 2.70 bits per heavy atom. The topological polar surface area (TPSA) is 158 Å². The molecule has 0 atom stereocenters. The van der Waals surface area contributed by atoms with Crippen LogP contribution in [0.5, 0.6) is 5.88 Å². The van der Waals surface area contributed by atoms with E-state index in [9.17, 15) is 14.4 Å². The number of rotatable bonds is 9. The van der Waals surface area contributed by atoms with Gasteiger partial charge in [0.15, 0.2) is 0 Å². The summed E-state index contributed by atoms with van der Waals surface area (Å²) < 4.78 is 21.6. The van der Waals surface area contributed by atoms with Gasteiger partial charge < -0.3 is 34.4 Å². The van der Waals surface area contributed by atoms with Gasteiger partial charge in [-0.05, 0) is 77.4 Å². The van der Waals surface area contributed by atoms with E-state index >= 15 is 0 Å². The van der Waals surface area contributed by atoms with Crippen molar-refractivity contribution in [2.75, 3.05) is 25.1 Å². The van der Waals surface area contributed by atoms with Crippen molar-refractivity contribution in [1.82, 2.24) is 20.4 Å². The van der Waals surface area contributed by atoms with Crippen molar-refractivity contribution in [2.45, 2.75) is 53.6 Å². The number of aryl methyl sites for hydroxylation is 2. The number of nitrogens with one attached hydrogen (secondary N) is 3. The molecule has 0 bridgehead atoms. The van der Waals surface area contributed by atoms with E-state index in [-0.39, 0.29) is 30.6 Å². The number of hydrogen-bond donors (Lipinski definition) is 3. The smallest absolute Gasteiger partial charge is 0.407 e. The summed E-state index contributed by atoms with van der Waals surface area (Å²) in [7, 11) is 0. The van der Waals surface area contributed by atoms with E-state index < -0.39 is 17.7 Å². The molecule has 1 aliphatic heterocycles. The standard InChI is InChI=1S/C28H33N5O7/c1-7-37-26(35)17-13-15(2)30-21(17)14-18-23-20(32-24(18)34)10-9-19(31-23)22-16(3)40-33-25(22)38-12-8-11-29-27(36)39-28(4,5)6/h9-10,13-14,30H,7-8,11-12H2,1-6H3,(H,29,36)(H,32,34)/b18-14-. The van der Waals surface area contributed by atoms with Gasteiger partial charge in [-0.1, -0.05) is 0 Å². The molecule has 3 N–H and O–H groups in total. The molecule has 1 aliphatic rings. The minimum absolute atomic E-state index is 0.232. The van der Waals surface area contributed by atoms with Gasteiger partial charge in [0.1, 0.15) is 22.6 Å². The molecular formula is C28H33N5O7. The summed E-state index contributed by atoms with van der Waals surface area (Å²) in [5, 5.41) is 9.50. The number of carbonyl (C=O) groups excluding carboxylic acids is 3. The fourth-order valence-corrected chi connectivity index (χ4v) is 4.07. The molecule has 3 aromatic heterocycles. The number of aromatic nitrogens is 3. The maximum atomic E-state index is 12.9. The predicted molar refractivity (Wildman–Crippen MR) is 147 cm³/mol. The predicted octanol–water partition coefficient (Wildman–Crippen LogP) is 4.64. The number of aromatic amines is 1. The summed E-state index contributed by atoms with van der Waals surface area (Å²) >= 11 is 0. The third-order valence-corrected chi connectivity index (χ3v) is 5.73. The van der Waals surface area contributed by atoms with Crippen molar-refractivity contribution in [2.24, 2.45) is 0 Å². The van der Waals surface area contributed by atoms with Crippen molar-refractivity contribution < 1.29 is 33.1 Å². The van der Waals surface area contributed by atoms with Crippen LogP contribution in [-0.2, 0) is 14.3 Å². The Labute approximate surface area is 231 Å². The van der Waals surface area contributed by atoms with Gasteiger partial charge in [0.05, 0.1) is 41.4 Å². The highest BCUT2D eigenvalue weighted by Gasteiger charge is 2.29. The molecule has 212 valence electrons. The van der Waals surface area contributed by atoms with Crippen LogP contribution in [0.1, 0.15) is 67.3 Å². The van der Waals surface area contributed by atoms with E-state index in [1.54, 1.807) is 58.9 Å². The minimum atomic E-state index is -0.574. The molecule has 12 heteroatoms.